The summed E-state index contributed by atoms with van der Waals surface area (Å²) in [6.45, 7) is 5.67. The van der Waals surface area contributed by atoms with Gasteiger partial charge in [-0.05, 0) is 20.3 Å². The highest BCUT2D eigenvalue weighted by Crippen LogP contribution is 1.96. The molecule has 0 atom stereocenters. The van der Waals surface area contributed by atoms with Crippen molar-refractivity contribution in [3.8, 4) is 0 Å². The van der Waals surface area contributed by atoms with E-state index in [0.717, 1.165) is 6.42 Å². The van der Waals surface area contributed by atoms with Crippen molar-refractivity contribution in [1.82, 2.24) is 5.32 Å². The van der Waals surface area contributed by atoms with Crippen LogP contribution < -0.4 is 5.32 Å². The van der Waals surface area contributed by atoms with E-state index >= 15 is 0 Å². The number of hydrogen-bond donors (Lipinski definition) is 2. The van der Waals surface area contributed by atoms with Crippen molar-refractivity contribution in [2.75, 3.05) is 6.54 Å². The number of carbonyl (C=O) groups is 1. The molecule has 3 heteroatoms. The summed E-state index contributed by atoms with van der Waals surface area (Å²) in [6, 6.07) is 0. The summed E-state index contributed by atoms with van der Waals surface area (Å²) >= 11 is 0. The highest BCUT2D eigenvalue weighted by Gasteiger charge is 2.12. The van der Waals surface area contributed by atoms with Gasteiger partial charge in [-0.15, -0.1) is 0 Å². The molecule has 0 radical (unpaired) electrons. The lowest BCUT2D eigenvalue weighted by Gasteiger charge is -2.16. The van der Waals surface area contributed by atoms with Crippen molar-refractivity contribution in [3.63, 3.8) is 0 Å². The van der Waals surface area contributed by atoms with Crippen LogP contribution in [0, 0.1) is 0 Å². The predicted molar refractivity (Wildman–Crippen MR) is 89.9 cm³/mol. The average molecular weight is 289 g/mol. The molecule has 2 N–H and O–H groups in total. The van der Waals surface area contributed by atoms with E-state index in [4.69, 9.17) is 0 Å². The van der Waals surface area contributed by atoms with Crippen molar-refractivity contribution in [1.29, 1.82) is 0 Å². The summed E-state index contributed by atoms with van der Waals surface area (Å²) in [5.41, 5.74) is -0.889. The molecular formula is C18H27NO2. The Hall–Kier alpha value is -1.87. The smallest absolute Gasteiger partial charge is 0.244 e. The van der Waals surface area contributed by atoms with Gasteiger partial charge in [0.15, 0.2) is 0 Å². The fourth-order valence-electron chi connectivity index (χ4n) is 1.23. The Morgan fingerprint density at radius 2 is 1.52 bits per heavy atom. The maximum absolute atomic E-state index is 11.4. The number of amides is 1. The standard InChI is InChI=1S/C18H27NO2/c1-4-5-6-7-8-9-10-11-12-13-14-15-17(20)19-16-18(2,3)21/h6-15,21H,4-5,16H2,1-3H3,(H,19,20). The fourth-order valence-corrected chi connectivity index (χ4v) is 1.23. The lowest BCUT2D eigenvalue weighted by molar-refractivity contribution is -0.117. The van der Waals surface area contributed by atoms with E-state index in [-0.39, 0.29) is 12.5 Å². The largest absolute Gasteiger partial charge is 0.389 e. The van der Waals surface area contributed by atoms with E-state index in [1.165, 1.54) is 12.5 Å². The lowest BCUT2D eigenvalue weighted by atomic mass is 10.1. The van der Waals surface area contributed by atoms with Gasteiger partial charge in [0.2, 0.25) is 5.91 Å². The molecule has 0 spiro atoms. The van der Waals surface area contributed by atoms with Crippen molar-refractivity contribution in [3.05, 3.63) is 60.8 Å². The zero-order chi connectivity index (χ0) is 16.0. The molecule has 0 aliphatic heterocycles. The van der Waals surface area contributed by atoms with Gasteiger partial charge in [-0.25, -0.2) is 0 Å². The van der Waals surface area contributed by atoms with Crippen LogP contribution in [-0.2, 0) is 4.79 Å². The van der Waals surface area contributed by atoms with Gasteiger partial charge in [0.1, 0.15) is 0 Å². The molecular weight excluding hydrogens is 262 g/mol. The molecule has 0 saturated carbocycles. The van der Waals surface area contributed by atoms with Crippen molar-refractivity contribution in [2.24, 2.45) is 0 Å². The Morgan fingerprint density at radius 3 is 2.05 bits per heavy atom. The molecule has 0 aromatic rings. The van der Waals surface area contributed by atoms with Crippen LogP contribution in [0.3, 0.4) is 0 Å². The van der Waals surface area contributed by atoms with Gasteiger partial charge in [-0.2, -0.15) is 0 Å². The number of carbonyl (C=O) groups excluding carboxylic acids is 1. The summed E-state index contributed by atoms with van der Waals surface area (Å²) in [4.78, 5) is 11.4. The second kappa shape index (κ2) is 11.9. The predicted octanol–water partition coefficient (Wildman–Crippen LogP) is 3.45. The summed E-state index contributed by atoms with van der Waals surface area (Å²) in [7, 11) is 0. The minimum Gasteiger partial charge on any atom is -0.389 e. The molecule has 0 aromatic heterocycles. The van der Waals surface area contributed by atoms with Gasteiger partial charge < -0.3 is 10.4 Å². The number of rotatable bonds is 9. The Kier molecular flexibility index (Phi) is 10.9. The zero-order valence-corrected chi connectivity index (χ0v) is 13.3. The van der Waals surface area contributed by atoms with Crippen LogP contribution in [-0.4, -0.2) is 23.2 Å². The highest BCUT2D eigenvalue weighted by molar-refractivity contribution is 5.87. The Morgan fingerprint density at radius 1 is 1.00 bits per heavy atom. The first-order chi connectivity index (χ1) is 9.95. The van der Waals surface area contributed by atoms with E-state index in [1.807, 2.05) is 36.5 Å². The number of aliphatic hydroxyl groups is 1. The molecule has 116 valence electrons. The molecule has 0 unspecified atom stereocenters. The van der Waals surface area contributed by atoms with Crippen molar-refractivity contribution < 1.29 is 9.90 Å². The van der Waals surface area contributed by atoms with Gasteiger partial charge in [0.25, 0.3) is 0 Å². The van der Waals surface area contributed by atoms with Crippen LogP contribution in [0.25, 0.3) is 0 Å². The van der Waals surface area contributed by atoms with Crippen LogP contribution in [0.4, 0.5) is 0 Å². The highest BCUT2D eigenvalue weighted by atomic mass is 16.3. The van der Waals surface area contributed by atoms with Crippen LogP contribution >= 0.6 is 0 Å². The third-order valence-electron chi connectivity index (χ3n) is 2.31. The van der Waals surface area contributed by atoms with Gasteiger partial charge in [0, 0.05) is 12.6 Å². The Labute approximate surface area is 128 Å². The maximum atomic E-state index is 11.4. The summed E-state index contributed by atoms with van der Waals surface area (Å²) in [5.74, 6) is -0.216. The summed E-state index contributed by atoms with van der Waals surface area (Å²) in [6.07, 6.45) is 20.9. The van der Waals surface area contributed by atoms with Gasteiger partial charge in [-0.3, -0.25) is 4.79 Å². The van der Waals surface area contributed by atoms with Crippen LogP contribution in [0.15, 0.2) is 60.8 Å². The minimum atomic E-state index is -0.889. The normalized spacial score (nSPS) is 13.5. The zero-order valence-electron chi connectivity index (χ0n) is 13.3. The summed E-state index contributed by atoms with van der Waals surface area (Å²) < 4.78 is 0. The monoisotopic (exact) mass is 289 g/mol. The molecule has 0 aromatic carbocycles. The quantitative estimate of drug-likeness (QED) is 0.504. The van der Waals surface area contributed by atoms with E-state index in [1.54, 1.807) is 26.0 Å². The molecule has 0 fully saturated rings. The lowest BCUT2D eigenvalue weighted by Crippen LogP contribution is -2.37. The molecule has 0 aliphatic carbocycles. The fraction of sp³-hybridized carbons (Fsp3) is 0.389. The molecule has 0 heterocycles. The number of nitrogens with one attached hydrogen (secondary N) is 1. The SMILES string of the molecule is CCCC=CC=CC=CC=CC=CC(=O)NCC(C)(C)O. The second-order valence-corrected chi connectivity index (χ2v) is 5.26. The van der Waals surface area contributed by atoms with E-state index in [9.17, 15) is 9.90 Å². The average Bonchev–Trinajstić information content (AvgIpc) is 2.42. The Balaban J connectivity index is 3.89. The van der Waals surface area contributed by atoms with Crippen molar-refractivity contribution in [2.45, 2.75) is 39.2 Å². The number of allylic oxidation sites excluding steroid dienone is 9. The number of hydrogen-bond acceptors (Lipinski definition) is 2. The molecule has 21 heavy (non-hydrogen) atoms. The molecule has 3 nitrogen and oxygen atoms in total. The summed E-state index contributed by atoms with van der Waals surface area (Å²) in [5, 5.41) is 12.1. The molecule has 0 rings (SSSR count). The van der Waals surface area contributed by atoms with E-state index in [0.29, 0.717) is 0 Å². The van der Waals surface area contributed by atoms with Crippen molar-refractivity contribution >= 4 is 5.91 Å². The first-order valence-corrected chi connectivity index (χ1v) is 7.29. The molecule has 0 bridgehead atoms. The molecule has 1 amide bonds. The number of unbranched alkanes of at least 4 members (excludes halogenated alkanes) is 1. The van der Waals surface area contributed by atoms with E-state index in [2.05, 4.69) is 18.3 Å². The molecule has 0 saturated heterocycles. The minimum absolute atomic E-state index is 0.216. The van der Waals surface area contributed by atoms with Gasteiger partial charge in [0.05, 0.1) is 5.60 Å². The van der Waals surface area contributed by atoms with Crippen LogP contribution in [0.2, 0.25) is 0 Å². The van der Waals surface area contributed by atoms with Crippen LogP contribution in [0.5, 0.6) is 0 Å². The third kappa shape index (κ3) is 16.1. The maximum Gasteiger partial charge on any atom is 0.244 e. The van der Waals surface area contributed by atoms with Gasteiger partial charge in [-0.1, -0.05) is 68.0 Å². The topological polar surface area (TPSA) is 49.3 Å². The van der Waals surface area contributed by atoms with Crippen LogP contribution in [0.1, 0.15) is 33.6 Å². The first kappa shape index (κ1) is 19.1. The third-order valence-corrected chi connectivity index (χ3v) is 2.31. The second-order valence-electron chi connectivity index (χ2n) is 5.26. The molecule has 0 aliphatic rings. The Bertz CT molecular complexity index is 421. The van der Waals surface area contributed by atoms with Gasteiger partial charge >= 0.3 is 0 Å². The van der Waals surface area contributed by atoms with E-state index < -0.39 is 5.60 Å². The first-order valence-electron chi connectivity index (χ1n) is 7.29.